The van der Waals surface area contributed by atoms with Gasteiger partial charge in [0, 0.05) is 30.3 Å². The third kappa shape index (κ3) is 2.93. The Kier molecular flexibility index (Phi) is 3.81. The van der Waals surface area contributed by atoms with Gasteiger partial charge in [-0.2, -0.15) is 0 Å². The molecule has 0 fully saturated rings. The lowest BCUT2D eigenvalue weighted by Gasteiger charge is -2.11. The first-order valence-electron chi connectivity index (χ1n) is 9.14. The Balaban J connectivity index is 1.44. The van der Waals surface area contributed by atoms with Crippen LogP contribution in [0, 0.1) is 0 Å². The number of hydrogen-bond donors (Lipinski definition) is 1. The van der Waals surface area contributed by atoms with Gasteiger partial charge in [0.2, 0.25) is 6.79 Å². The van der Waals surface area contributed by atoms with Crippen LogP contribution in [0.1, 0.15) is 29.0 Å². The van der Waals surface area contributed by atoms with Crippen LogP contribution in [-0.4, -0.2) is 22.3 Å². The van der Waals surface area contributed by atoms with E-state index in [0.29, 0.717) is 17.1 Å². The van der Waals surface area contributed by atoms with Crippen molar-refractivity contribution in [1.29, 1.82) is 0 Å². The van der Waals surface area contributed by atoms with E-state index in [0.717, 1.165) is 35.7 Å². The Morgan fingerprint density at radius 3 is 2.89 bits per heavy atom. The summed E-state index contributed by atoms with van der Waals surface area (Å²) in [6.07, 6.45) is 5.45. The highest BCUT2D eigenvalue weighted by Crippen LogP contribution is 2.33. The molecule has 1 N–H and O–H groups in total. The Bertz CT molecular complexity index is 1000. The van der Waals surface area contributed by atoms with Gasteiger partial charge in [-0.1, -0.05) is 18.2 Å². The molecule has 0 aliphatic carbocycles. The number of para-hydroxylation sites is 1. The van der Waals surface area contributed by atoms with Crippen molar-refractivity contribution in [3.8, 4) is 22.8 Å². The van der Waals surface area contributed by atoms with E-state index in [1.54, 1.807) is 18.2 Å². The number of anilines is 1. The third-order valence-electron chi connectivity index (χ3n) is 4.99. The topological polar surface area (TPSA) is 65.4 Å². The summed E-state index contributed by atoms with van der Waals surface area (Å²) in [5, 5.41) is 3.01. The predicted octanol–water partition coefficient (Wildman–Crippen LogP) is 3.87. The third-order valence-corrected chi connectivity index (χ3v) is 4.99. The van der Waals surface area contributed by atoms with Gasteiger partial charge in [0.15, 0.2) is 11.5 Å². The molecule has 2 aliphatic rings. The van der Waals surface area contributed by atoms with Crippen LogP contribution in [0.2, 0.25) is 0 Å². The molecule has 6 nitrogen and oxygen atoms in total. The molecule has 1 amide bonds. The van der Waals surface area contributed by atoms with Gasteiger partial charge < -0.3 is 19.4 Å². The van der Waals surface area contributed by atoms with Crippen molar-refractivity contribution in [2.45, 2.75) is 25.8 Å². The lowest BCUT2D eigenvalue weighted by molar-refractivity contribution is 0.102. The second kappa shape index (κ2) is 6.46. The average Bonchev–Trinajstić information content (AvgIpc) is 3.34. The molecule has 0 saturated carbocycles. The quantitative estimate of drug-likeness (QED) is 0.769. The number of benzene rings is 2. The zero-order valence-corrected chi connectivity index (χ0v) is 14.8. The van der Waals surface area contributed by atoms with E-state index in [2.05, 4.69) is 16.1 Å². The van der Waals surface area contributed by atoms with Crippen molar-refractivity contribution in [2.24, 2.45) is 0 Å². The summed E-state index contributed by atoms with van der Waals surface area (Å²) in [6, 6.07) is 13.0. The number of amides is 1. The van der Waals surface area contributed by atoms with Crippen molar-refractivity contribution in [3.63, 3.8) is 0 Å². The van der Waals surface area contributed by atoms with E-state index in [9.17, 15) is 4.79 Å². The van der Waals surface area contributed by atoms with Crippen molar-refractivity contribution >= 4 is 11.6 Å². The number of nitrogens with one attached hydrogen (secondary N) is 1. The highest BCUT2D eigenvalue weighted by atomic mass is 16.7. The van der Waals surface area contributed by atoms with Crippen LogP contribution in [0.5, 0.6) is 11.5 Å². The van der Waals surface area contributed by atoms with Crippen molar-refractivity contribution in [3.05, 3.63) is 60.0 Å². The number of hydrogen-bond acceptors (Lipinski definition) is 4. The molecule has 0 spiro atoms. The Morgan fingerprint density at radius 1 is 1.07 bits per heavy atom. The van der Waals surface area contributed by atoms with Crippen LogP contribution in [0.3, 0.4) is 0 Å². The predicted molar refractivity (Wildman–Crippen MR) is 101 cm³/mol. The molecule has 0 saturated heterocycles. The Morgan fingerprint density at radius 2 is 1.96 bits per heavy atom. The van der Waals surface area contributed by atoms with Crippen LogP contribution in [0.4, 0.5) is 5.69 Å². The molecule has 2 aromatic carbocycles. The van der Waals surface area contributed by atoms with E-state index in [4.69, 9.17) is 14.5 Å². The van der Waals surface area contributed by atoms with E-state index < -0.39 is 0 Å². The summed E-state index contributed by atoms with van der Waals surface area (Å²) in [7, 11) is 0. The monoisotopic (exact) mass is 361 g/mol. The second-order valence-electron chi connectivity index (χ2n) is 6.76. The van der Waals surface area contributed by atoms with Gasteiger partial charge in [-0.3, -0.25) is 4.79 Å². The maximum atomic E-state index is 12.8. The zero-order chi connectivity index (χ0) is 18.2. The minimum atomic E-state index is -0.190. The minimum Gasteiger partial charge on any atom is -0.454 e. The summed E-state index contributed by atoms with van der Waals surface area (Å²) < 4.78 is 12.9. The second-order valence-corrected chi connectivity index (χ2v) is 6.76. The Labute approximate surface area is 156 Å². The van der Waals surface area contributed by atoms with Crippen LogP contribution < -0.4 is 14.8 Å². The van der Waals surface area contributed by atoms with Crippen molar-refractivity contribution in [1.82, 2.24) is 9.55 Å². The molecule has 1 aromatic heterocycles. The molecule has 3 heterocycles. The molecule has 6 heteroatoms. The maximum absolute atomic E-state index is 12.8. The number of ether oxygens (including phenoxy) is 2. The van der Waals surface area contributed by atoms with Crippen molar-refractivity contribution in [2.75, 3.05) is 12.1 Å². The minimum absolute atomic E-state index is 0.189. The number of carbonyl (C=O) groups excluding carboxylic acids is 1. The molecular weight excluding hydrogens is 342 g/mol. The summed E-state index contributed by atoms with van der Waals surface area (Å²) in [5.41, 5.74) is 3.09. The van der Waals surface area contributed by atoms with Gasteiger partial charge in [0.05, 0.1) is 11.4 Å². The first kappa shape index (κ1) is 15.9. The molecule has 0 radical (unpaired) electrons. The van der Waals surface area contributed by atoms with E-state index >= 15 is 0 Å². The van der Waals surface area contributed by atoms with Gasteiger partial charge >= 0.3 is 0 Å². The molecule has 2 aliphatic heterocycles. The number of fused-ring (bicyclic) bond motifs is 2. The molecule has 0 unspecified atom stereocenters. The van der Waals surface area contributed by atoms with Crippen LogP contribution in [0.25, 0.3) is 11.3 Å². The van der Waals surface area contributed by atoms with E-state index in [1.807, 2.05) is 24.3 Å². The molecule has 27 heavy (non-hydrogen) atoms. The Hall–Kier alpha value is -3.28. The number of rotatable bonds is 3. The number of aromatic nitrogens is 2. The fourth-order valence-corrected chi connectivity index (χ4v) is 3.59. The van der Waals surface area contributed by atoms with Crippen LogP contribution in [-0.2, 0) is 13.0 Å². The van der Waals surface area contributed by atoms with Crippen LogP contribution in [0.15, 0.2) is 48.7 Å². The standard InChI is InChI=1S/C21H19N3O3/c25-21(14-8-9-18-19(11-14)27-13-26-18)23-16-6-2-1-5-15(16)17-12-24-10-4-3-7-20(24)22-17/h1-2,5-6,8-9,11-12H,3-4,7,10,13H2,(H,23,25). The van der Waals surface area contributed by atoms with E-state index in [1.165, 1.54) is 12.8 Å². The first-order chi connectivity index (χ1) is 13.3. The fourth-order valence-electron chi connectivity index (χ4n) is 3.59. The first-order valence-corrected chi connectivity index (χ1v) is 9.14. The molecule has 136 valence electrons. The SMILES string of the molecule is O=C(Nc1ccccc1-c1cn2c(n1)CCCC2)c1ccc2c(c1)OCO2. The van der Waals surface area contributed by atoms with Gasteiger partial charge in [-0.15, -0.1) is 0 Å². The highest BCUT2D eigenvalue weighted by molar-refractivity contribution is 6.06. The van der Waals surface area contributed by atoms with Gasteiger partial charge in [-0.05, 0) is 37.1 Å². The zero-order valence-electron chi connectivity index (χ0n) is 14.8. The summed E-state index contributed by atoms with van der Waals surface area (Å²) in [5.74, 6) is 2.19. The summed E-state index contributed by atoms with van der Waals surface area (Å²) in [4.78, 5) is 17.5. The van der Waals surface area contributed by atoms with Gasteiger partial charge in [0.25, 0.3) is 5.91 Å². The lowest BCUT2D eigenvalue weighted by Crippen LogP contribution is -2.12. The normalized spacial score (nSPS) is 14.7. The smallest absolute Gasteiger partial charge is 0.255 e. The number of aryl methyl sites for hydroxylation is 2. The fraction of sp³-hybridized carbons (Fsp3) is 0.238. The maximum Gasteiger partial charge on any atom is 0.255 e. The molecule has 0 bridgehead atoms. The highest BCUT2D eigenvalue weighted by Gasteiger charge is 2.19. The van der Waals surface area contributed by atoms with E-state index in [-0.39, 0.29) is 12.7 Å². The largest absolute Gasteiger partial charge is 0.454 e. The number of imidazole rings is 1. The average molecular weight is 361 g/mol. The molecular formula is C21H19N3O3. The summed E-state index contributed by atoms with van der Waals surface area (Å²) >= 11 is 0. The molecule has 3 aromatic rings. The van der Waals surface area contributed by atoms with Crippen molar-refractivity contribution < 1.29 is 14.3 Å². The molecule has 0 atom stereocenters. The van der Waals surface area contributed by atoms with Crippen LogP contribution >= 0.6 is 0 Å². The number of carbonyl (C=O) groups is 1. The van der Waals surface area contributed by atoms with Gasteiger partial charge in [-0.25, -0.2) is 4.98 Å². The van der Waals surface area contributed by atoms with Gasteiger partial charge in [0.1, 0.15) is 5.82 Å². The summed E-state index contributed by atoms with van der Waals surface area (Å²) in [6.45, 7) is 1.20. The molecule has 5 rings (SSSR count). The number of nitrogens with zero attached hydrogens (tertiary/aromatic N) is 2. The lowest BCUT2D eigenvalue weighted by atomic mass is 10.1.